The number of ether oxygens (including phenoxy) is 1. The second-order valence-electron chi connectivity index (χ2n) is 5.03. The molecule has 0 radical (unpaired) electrons. The quantitative estimate of drug-likeness (QED) is 0.702. The molecule has 0 saturated heterocycles. The summed E-state index contributed by atoms with van der Waals surface area (Å²) >= 11 is 0. The van der Waals surface area contributed by atoms with Crippen LogP contribution in [0.1, 0.15) is 18.2 Å². The molecule has 3 rings (SSSR count). The molecule has 3 heteroatoms. The lowest BCUT2D eigenvalue weighted by Gasteiger charge is -2.12. The van der Waals surface area contributed by atoms with Crippen LogP contribution in [0.5, 0.6) is 5.75 Å². The van der Waals surface area contributed by atoms with Gasteiger partial charge >= 0.3 is 0 Å². The van der Waals surface area contributed by atoms with Gasteiger partial charge in [-0.1, -0.05) is 0 Å². The third-order valence-corrected chi connectivity index (χ3v) is 4.13. The van der Waals surface area contributed by atoms with Crippen molar-refractivity contribution in [3.8, 4) is 5.75 Å². The Labute approximate surface area is 107 Å². The van der Waals surface area contributed by atoms with Crippen molar-refractivity contribution in [3.63, 3.8) is 0 Å². The van der Waals surface area contributed by atoms with Crippen molar-refractivity contribution < 1.29 is 9.31 Å². The molecule has 1 aromatic carbocycles. The second-order valence-corrected chi connectivity index (χ2v) is 5.03. The molecule has 18 heavy (non-hydrogen) atoms. The number of hydrogen-bond donors (Lipinski definition) is 0. The normalized spacial score (nSPS) is 15.1. The largest absolute Gasteiger partial charge is 0.497 e. The summed E-state index contributed by atoms with van der Waals surface area (Å²) in [6.45, 7) is 3.30. The highest BCUT2D eigenvalue weighted by molar-refractivity contribution is 6.03. The van der Waals surface area contributed by atoms with Crippen molar-refractivity contribution >= 4 is 16.6 Å². The van der Waals surface area contributed by atoms with Gasteiger partial charge in [0.15, 0.2) is 5.71 Å². The van der Waals surface area contributed by atoms with Crippen molar-refractivity contribution in [2.75, 3.05) is 20.7 Å². The van der Waals surface area contributed by atoms with E-state index in [1.165, 1.54) is 27.9 Å². The predicted molar refractivity (Wildman–Crippen MR) is 74.0 cm³/mol. The van der Waals surface area contributed by atoms with Gasteiger partial charge < -0.3 is 9.30 Å². The molecule has 1 aromatic heterocycles. The average molecular weight is 243 g/mol. The van der Waals surface area contributed by atoms with Crippen LogP contribution < -0.4 is 4.74 Å². The number of rotatable bonds is 1. The molecule has 0 saturated carbocycles. The maximum atomic E-state index is 5.33. The summed E-state index contributed by atoms with van der Waals surface area (Å²) in [6.07, 6.45) is 1.12. The van der Waals surface area contributed by atoms with E-state index in [4.69, 9.17) is 4.74 Å². The SMILES string of the molecule is COc1ccc2c3c(n(C)c2c1)C(C)=[N+](C)CC3. The summed E-state index contributed by atoms with van der Waals surface area (Å²) in [5.74, 6) is 0.923. The van der Waals surface area contributed by atoms with Crippen LogP contribution in [-0.2, 0) is 13.5 Å². The smallest absolute Gasteiger partial charge is 0.196 e. The van der Waals surface area contributed by atoms with E-state index in [1.807, 2.05) is 0 Å². The fourth-order valence-electron chi connectivity index (χ4n) is 2.96. The minimum absolute atomic E-state index is 0.923. The van der Waals surface area contributed by atoms with Gasteiger partial charge in [0.2, 0.25) is 0 Å². The zero-order chi connectivity index (χ0) is 12.9. The number of hydrogen-bond acceptors (Lipinski definition) is 1. The highest BCUT2D eigenvalue weighted by Gasteiger charge is 2.26. The predicted octanol–water partition coefficient (Wildman–Crippen LogP) is 2.19. The summed E-state index contributed by atoms with van der Waals surface area (Å²) in [7, 11) is 6.02. The molecule has 0 fully saturated rings. The molecule has 0 atom stereocenters. The molecule has 0 aliphatic carbocycles. The van der Waals surface area contributed by atoms with Gasteiger partial charge in [-0.15, -0.1) is 0 Å². The van der Waals surface area contributed by atoms with Crippen molar-refractivity contribution in [2.45, 2.75) is 13.3 Å². The number of aromatic nitrogens is 1. The molecule has 1 aliphatic rings. The second kappa shape index (κ2) is 3.87. The van der Waals surface area contributed by atoms with E-state index in [0.717, 1.165) is 18.7 Å². The van der Waals surface area contributed by atoms with Crippen LogP contribution in [0.15, 0.2) is 18.2 Å². The first-order chi connectivity index (χ1) is 8.63. The Balaban J connectivity index is 2.37. The molecular weight excluding hydrogens is 224 g/mol. The van der Waals surface area contributed by atoms with Gasteiger partial charge in [-0.05, 0) is 17.7 Å². The number of methoxy groups -OCH3 is 1. The minimum atomic E-state index is 0.923. The Kier molecular flexibility index (Phi) is 2.44. The lowest BCUT2D eigenvalue weighted by Crippen LogP contribution is -2.26. The Hall–Kier alpha value is -1.77. The molecule has 1 aliphatic heterocycles. The minimum Gasteiger partial charge on any atom is -0.497 e. The van der Waals surface area contributed by atoms with Gasteiger partial charge in [0.05, 0.1) is 12.6 Å². The standard InChI is InChI=1S/C15H19N2O/c1-10-15-13(7-8-16(10)2)12-6-5-11(18-4)9-14(12)17(15)3/h5-6,9H,7-8H2,1-4H3/q+1. The summed E-state index contributed by atoms with van der Waals surface area (Å²) in [4.78, 5) is 0. The van der Waals surface area contributed by atoms with Gasteiger partial charge in [0.1, 0.15) is 25.0 Å². The molecule has 2 heterocycles. The van der Waals surface area contributed by atoms with Crippen LogP contribution in [0.4, 0.5) is 0 Å². The molecule has 3 nitrogen and oxygen atoms in total. The average Bonchev–Trinajstić information content (AvgIpc) is 2.67. The third kappa shape index (κ3) is 1.40. The molecular formula is C15H19N2O+. The Morgan fingerprint density at radius 3 is 2.83 bits per heavy atom. The van der Waals surface area contributed by atoms with Gasteiger partial charge in [-0.25, -0.2) is 4.58 Å². The van der Waals surface area contributed by atoms with E-state index in [0.29, 0.717) is 0 Å². The van der Waals surface area contributed by atoms with Crippen LogP contribution in [0.2, 0.25) is 0 Å². The zero-order valence-electron chi connectivity index (χ0n) is 11.4. The third-order valence-electron chi connectivity index (χ3n) is 4.13. The number of aryl methyl sites for hydroxylation is 1. The maximum absolute atomic E-state index is 5.33. The molecule has 94 valence electrons. The number of benzene rings is 1. The fraction of sp³-hybridized carbons (Fsp3) is 0.400. The molecule has 0 unspecified atom stereocenters. The van der Waals surface area contributed by atoms with E-state index >= 15 is 0 Å². The van der Waals surface area contributed by atoms with E-state index in [2.05, 4.69) is 48.4 Å². The first kappa shape index (κ1) is 11.3. The van der Waals surface area contributed by atoms with Crippen molar-refractivity contribution in [1.29, 1.82) is 0 Å². The highest BCUT2D eigenvalue weighted by Crippen LogP contribution is 2.30. The Bertz CT molecular complexity index is 665. The highest BCUT2D eigenvalue weighted by atomic mass is 16.5. The van der Waals surface area contributed by atoms with E-state index in [9.17, 15) is 0 Å². The number of likely N-dealkylation sites (N-methyl/N-ethyl adjacent to an activating group) is 1. The zero-order valence-corrected chi connectivity index (χ0v) is 11.4. The van der Waals surface area contributed by atoms with Crippen LogP contribution in [0, 0.1) is 0 Å². The summed E-state index contributed by atoms with van der Waals surface area (Å²) in [6, 6.07) is 6.36. The molecule has 0 spiro atoms. The van der Waals surface area contributed by atoms with Gasteiger partial charge in [0.25, 0.3) is 0 Å². The van der Waals surface area contributed by atoms with Gasteiger partial charge in [-0.3, -0.25) is 0 Å². The maximum Gasteiger partial charge on any atom is 0.196 e. The summed E-state index contributed by atoms with van der Waals surface area (Å²) in [5, 5.41) is 1.36. The fourth-order valence-corrected chi connectivity index (χ4v) is 2.96. The molecule has 0 bridgehead atoms. The van der Waals surface area contributed by atoms with Crippen molar-refractivity contribution in [3.05, 3.63) is 29.5 Å². The van der Waals surface area contributed by atoms with Gasteiger partial charge in [-0.2, -0.15) is 0 Å². The van der Waals surface area contributed by atoms with Gasteiger partial charge in [0, 0.05) is 31.8 Å². The summed E-state index contributed by atoms with van der Waals surface area (Å²) < 4.78 is 9.95. The van der Waals surface area contributed by atoms with E-state index in [1.54, 1.807) is 7.11 Å². The first-order valence-corrected chi connectivity index (χ1v) is 6.34. The summed E-state index contributed by atoms with van der Waals surface area (Å²) in [5.41, 5.74) is 5.46. The number of fused-ring (bicyclic) bond motifs is 3. The first-order valence-electron chi connectivity index (χ1n) is 6.34. The topological polar surface area (TPSA) is 17.2 Å². The lowest BCUT2D eigenvalue weighted by atomic mass is 10.0. The lowest BCUT2D eigenvalue weighted by molar-refractivity contribution is -0.498. The Morgan fingerprint density at radius 2 is 2.11 bits per heavy atom. The number of nitrogens with zero attached hydrogens (tertiary/aromatic N) is 2. The Morgan fingerprint density at radius 1 is 1.33 bits per heavy atom. The van der Waals surface area contributed by atoms with Crippen LogP contribution in [0.3, 0.4) is 0 Å². The monoisotopic (exact) mass is 243 g/mol. The molecule has 0 amide bonds. The van der Waals surface area contributed by atoms with E-state index in [-0.39, 0.29) is 0 Å². The molecule has 0 N–H and O–H groups in total. The van der Waals surface area contributed by atoms with Crippen LogP contribution >= 0.6 is 0 Å². The van der Waals surface area contributed by atoms with Crippen LogP contribution in [-0.4, -0.2) is 35.6 Å². The van der Waals surface area contributed by atoms with Crippen molar-refractivity contribution in [1.82, 2.24) is 4.57 Å². The molecule has 2 aromatic rings. The van der Waals surface area contributed by atoms with E-state index < -0.39 is 0 Å². The van der Waals surface area contributed by atoms with Crippen molar-refractivity contribution in [2.24, 2.45) is 7.05 Å². The van der Waals surface area contributed by atoms with Crippen LogP contribution in [0.25, 0.3) is 10.9 Å².